The largest absolute Gasteiger partial charge is 0.497 e. The van der Waals surface area contributed by atoms with Crippen LogP contribution in [0, 0.1) is 0 Å². The smallest absolute Gasteiger partial charge is 0.264 e. The van der Waals surface area contributed by atoms with Gasteiger partial charge in [-0.3, -0.25) is 9.10 Å². The van der Waals surface area contributed by atoms with E-state index in [1.54, 1.807) is 49.6 Å². The van der Waals surface area contributed by atoms with Gasteiger partial charge < -0.3 is 19.5 Å². The van der Waals surface area contributed by atoms with Gasteiger partial charge in [0.15, 0.2) is 11.5 Å². The summed E-state index contributed by atoms with van der Waals surface area (Å²) in [5.74, 6) is 0.940. The third-order valence-electron chi connectivity index (χ3n) is 4.92. The minimum atomic E-state index is -4.08. The number of carbonyl (C=O) groups excluding carboxylic acids is 1. The first-order valence-corrected chi connectivity index (χ1v) is 11.5. The quantitative estimate of drug-likeness (QED) is 0.489. The van der Waals surface area contributed by atoms with Crippen LogP contribution in [0.2, 0.25) is 0 Å². The fourth-order valence-electron chi connectivity index (χ4n) is 3.14. The van der Waals surface area contributed by atoms with Gasteiger partial charge >= 0.3 is 0 Å². The van der Waals surface area contributed by atoms with Crippen molar-refractivity contribution in [1.29, 1.82) is 0 Å². The first-order valence-electron chi connectivity index (χ1n) is 10.1. The fourth-order valence-corrected chi connectivity index (χ4v) is 4.58. The van der Waals surface area contributed by atoms with E-state index in [1.165, 1.54) is 32.4 Å². The lowest BCUT2D eigenvalue weighted by molar-refractivity contribution is -0.119. The third-order valence-corrected chi connectivity index (χ3v) is 6.69. The highest BCUT2D eigenvalue weighted by atomic mass is 32.2. The lowest BCUT2D eigenvalue weighted by atomic mass is 10.2. The van der Waals surface area contributed by atoms with Crippen molar-refractivity contribution in [2.75, 3.05) is 32.2 Å². The number of hydrogen-bond donors (Lipinski definition) is 1. The zero-order valence-electron chi connectivity index (χ0n) is 18.6. The molecule has 3 rings (SSSR count). The maximum absolute atomic E-state index is 13.5. The van der Waals surface area contributed by atoms with E-state index in [4.69, 9.17) is 14.2 Å². The first kappa shape index (κ1) is 23.9. The number of carbonyl (C=O) groups is 1. The second kappa shape index (κ2) is 10.7. The number of anilines is 1. The van der Waals surface area contributed by atoms with Crippen LogP contribution in [0.4, 0.5) is 5.69 Å². The lowest BCUT2D eigenvalue weighted by Crippen LogP contribution is -2.40. The third kappa shape index (κ3) is 5.75. The maximum atomic E-state index is 13.5. The molecule has 0 fully saturated rings. The fraction of sp³-hybridized carbons (Fsp3) is 0.208. The molecule has 33 heavy (non-hydrogen) atoms. The van der Waals surface area contributed by atoms with Crippen molar-refractivity contribution >= 4 is 21.6 Å². The number of para-hydroxylation sites is 1. The molecule has 3 aromatic rings. The van der Waals surface area contributed by atoms with Gasteiger partial charge in [-0.25, -0.2) is 8.42 Å². The summed E-state index contributed by atoms with van der Waals surface area (Å²) in [6.45, 7) is -0.140. The number of benzene rings is 3. The van der Waals surface area contributed by atoms with Crippen molar-refractivity contribution in [2.45, 2.75) is 11.4 Å². The van der Waals surface area contributed by atoms with Crippen molar-refractivity contribution in [3.63, 3.8) is 0 Å². The number of rotatable bonds is 10. The van der Waals surface area contributed by atoms with Crippen LogP contribution < -0.4 is 23.8 Å². The van der Waals surface area contributed by atoms with E-state index in [0.29, 0.717) is 17.2 Å². The van der Waals surface area contributed by atoms with E-state index in [9.17, 15) is 13.2 Å². The number of methoxy groups -OCH3 is 3. The van der Waals surface area contributed by atoms with Crippen LogP contribution in [0.15, 0.2) is 77.7 Å². The molecular formula is C24H26N2O6S. The number of ether oxygens (including phenoxy) is 3. The summed E-state index contributed by atoms with van der Waals surface area (Å²) < 4.78 is 43.7. The normalized spacial score (nSPS) is 10.9. The maximum Gasteiger partial charge on any atom is 0.264 e. The Hall–Kier alpha value is -3.72. The molecule has 0 bridgehead atoms. The molecule has 0 heterocycles. The molecule has 9 heteroatoms. The van der Waals surface area contributed by atoms with Gasteiger partial charge in [-0.05, 0) is 42.0 Å². The highest BCUT2D eigenvalue weighted by molar-refractivity contribution is 7.92. The molecule has 0 spiro atoms. The SMILES string of the molecule is COc1ccc(CNC(=O)CN(c2ccccc2)S(=O)(=O)c2ccc(OC)c(OC)c2)cc1. The number of hydrogen-bond acceptors (Lipinski definition) is 6. The molecule has 0 aliphatic rings. The number of sulfonamides is 1. The van der Waals surface area contributed by atoms with Gasteiger partial charge in [0.2, 0.25) is 5.91 Å². The van der Waals surface area contributed by atoms with E-state index in [-0.39, 0.29) is 17.2 Å². The molecule has 8 nitrogen and oxygen atoms in total. The molecule has 1 N–H and O–H groups in total. The highest BCUT2D eigenvalue weighted by Gasteiger charge is 2.28. The summed E-state index contributed by atoms with van der Waals surface area (Å²) in [7, 11) is 0.393. The Morgan fingerprint density at radius 1 is 0.848 bits per heavy atom. The summed E-state index contributed by atoms with van der Waals surface area (Å²) in [6.07, 6.45) is 0. The summed E-state index contributed by atoms with van der Waals surface area (Å²) in [5.41, 5.74) is 1.23. The number of nitrogens with one attached hydrogen (secondary N) is 1. The average molecular weight is 471 g/mol. The predicted octanol–water partition coefficient (Wildman–Crippen LogP) is 3.22. The van der Waals surface area contributed by atoms with Crippen LogP contribution in [0.1, 0.15) is 5.56 Å². The van der Waals surface area contributed by atoms with Gasteiger partial charge in [-0.2, -0.15) is 0 Å². The predicted molar refractivity (Wildman–Crippen MR) is 125 cm³/mol. The Kier molecular flexibility index (Phi) is 7.78. The van der Waals surface area contributed by atoms with Crippen LogP contribution in [-0.4, -0.2) is 42.2 Å². The molecule has 0 atom stereocenters. The van der Waals surface area contributed by atoms with Gasteiger partial charge in [-0.15, -0.1) is 0 Å². The van der Waals surface area contributed by atoms with Gasteiger partial charge in [0.05, 0.1) is 31.9 Å². The molecule has 0 radical (unpaired) electrons. The topological polar surface area (TPSA) is 94.2 Å². The van der Waals surface area contributed by atoms with Gasteiger partial charge in [0.1, 0.15) is 12.3 Å². The molecule has 0 aliphatic carbocycles. The minimum Gasteiger partial charge on any atom is -0.497 e. The van der Waals surface area contributed by atoms with E-state index in [1.807, 2.05) is 12.1 Å². The summed E-state index contributed by atoms with van der Waals surface area (Å²) >= 11 is 0. The standard InChI is InChI=1S/C24H26N2O6S/c1-30-20-11-9-18(10-12-20)16-25-24(27)17-26(19-7-5-4-6-8-19)33(28,29)21-13-14-22(31-2)23(15-21)32-3/h4-15H,16-17H2,1-3H3,(H,25,27). The molecule has 174 valence electrons. The van der Waals surface area contributed by atoms with E-state index in [2.05, 4.69) is 5.32 Å². The van der Waals surface area contributed by atoms with Crippen molar-refractivity contribution in [1.82, 2.24) is 5.32 Å². The summed E-state index contributed by atoms with van der Waals surface area (Å²) in [6, 6.07) is 20.0. The second-order valence-electron chi connectivity index (χ2n) is 6.99. The molecule has 0 unspecified atom stereocenters. The molecule has 0 aromatic heterocycles. The Morgan fingerprint density at radius 3 is 2.12 bits per heavy atom. The molecule has 0 aliphatic heterocycles. The first-order chi connectivity index (χ1) is 15.9. The molecule has 0 saturated carbocycles. The second-order valence-corrected chi connectivity index (χ2v) is 8.85. The van der Waals surface area contributed by atoms with Crippen LogP contribution >= 0.6 is 0 Å². The average Bonchev–Trinajstić information content (AvgIpc) is 2.86. The Bertz CT molecular complexity index is 1180. The minimum absolute atomic E-state index is 0.0213. The van der Waals surface area contributed by atoms with E-state index in [0.717, 1.165) is 9.87 Å². The monoisotopic (exact) mass is 470 g/mol. The summed E-state index contributed by atoms with van der Waals surface area (Å²) in [4.78, 5) is 12.7. The number of nitrogens with zero attached hydrogens (tertiary/aromatic N) is 1. The lowest BCUT2D eigenvalue weighted by Gasteiger charge is -2.24. The van der Waals surface area contributed by atoms with Gasteiger partial charge in [0, 0.05) is 12.6 Å². The van der Waals surface area contributed by atoms with Crippen molar-refractivity contribution in [3.05, 3.63) is 78.4 Å². The van der Waals surface area contributed by atoms with Crippen LogP contribution in [-0.2, 0) is 21.4 Å². The van der Waals surface area contributed by atoms with E-state index < -0.39 is 22.5 Å². The Morgan fingerprint density at radius 2 is 1.52 bits per heavy atom. The van der Waals surface area contributed by atoms with Crippen LogP contribution in [0.3, 0.4) is 0 Å². The summed E-state index contributed by atoms with van der Waals surface area (Å²) in [5, 5.41) is 2.77. The van der Waals surface area contributed by atoms with Crippen molar-refractivity contribution in [3.8, 4) is 17.2 Å². The van der Waals surface area contributed by atoms with Gasteiger partial charge in [-0.1, -0.05) is 30.3 Å². The van der Waals surface area contributed by atoms with Crippen molar-refractivity contribution in [2.24, 2.45) is 0 Å². The van der Waals surface area contributed by atoms with Gasteiger partial charge in [0.25, 0.3) is 10.0 Å². The van der Waals surface area contributed by atoms with E-state index >= 15 is 0 Å². The zero-order chi connectivity index (χ0) is 23.8. The van der Waals surface area contributed by atoms with Crippen LogP contribution in [0.25, 0.3) is 0 Å². The highest BCUT2D eigenvalue weighted by Crippen LogP contribution is 2.32. The zero-order valence-corrected chi connectivity index (χ0v) is 19.5. The Labute approximate surface area is 193 Å². The van der Waals surface area contributed by atoms with Crippen molar-refractivity contribution < 1.29 is 27.4 Å². The molecular weight excluding hydrogens is 444 g/mol. The van der Waals surface area contributed by atoms with Crippen LogP contribution in [0.5, 0.6) is 17.2 Å². The molecule has 3 aromatic carbocycles. The number of amides is 1. The molecule has 0 saturated heterocycles. The Balaban J connectivity index is 1.84. The molecule has 1 amide bonds.